The van der Waals surface area contributed by atoms with Gasteiger partial charge in [0, 0.05) is 91.2 Å². The van der Waals surface area contributed by atoms with E-state index in [2.05, 4.69) is 57.6 Å². The molecule has 0 amide bonds. The van der Waals surface area contributed by atoms with E-state index in [9.17, 15) is 31.7 Å². The van der Waals surface area contributed by atoms with Crippen LogP contribution in [0.15, 0.2) is 125 Å². The van der Waals surface area contributed by atoms with Crippen LogP contribution in [0.2, 0.25) is 5.02 Å². The summed E-state index contributed by atoms with van der Waals surface area (Å²) in [5, 5.41) is 16.9. The minimum Gasteiger partial charge on any atom is -0.406 e. The summed E-state index contributed by atoms with van der Waals surface area (Å²) in [6, 6.07) is 30.6. The second-order valence-electron chi connectivity index (χ2n) is 15.8. The van der Waals surface area contributed by atoms with Crippen molar-refractivity contribution in [1.82, 2.24) is 19.8 Å². The molecule has 8 rings (SSSR count). The third-order valence-electron chi connectivity index (χ3n) is 11.4. The average Bonchev–Trinajstić information content (AvgIpc) is 3.31. The van der Waals surface area contributed by atoms with Crippen molar-refractivity contribution in [3.05, 3.63) is 136 Å². The largest absolute Gasteiger partial charge is 0.573 e. The summed E-state index contributed by atoms with van der Waals surface area (Å²) in [4.78, 5) is 27.7. The summed E-state index contributed by atoms with van der Waals surface area (Å²) in [5.74, 6) is 0.0720. The Hall–Kier alpha value is -5.70. The molecule has 6 aromatic rings. The number of nitrogens with one attached hydrogen (secondary N) is 2. The summed E-state index contributed by atoms with van der Waals surface area (Å²) in [7, 11) is -4.38. The number of piperazine rings is 1. The third kappa shape index (κ3) is 12.2. The Labute approximate surface area is 389 Å². The van der Waals surface area contributed by atoms with Crippen molar-refractivity contribution in [2.24, 2.45) is 0 Å². The first kappa shape index (κ1) is 46.8. The van der Waals surface area contributed by atoms with Crippen LogP contribution < -0.4 is 19.7 Å². The highest BCUT2D eigenvalue weighted by atomic mass is 35.5. The van der Waals surface area contributed by atoms with Crippen LogP contribution in [0.5, 0.6) is 5.75 Å². The van der Waals surface area contributed by atoms with Gasteiger partial charge < -0.3 is 19.7 Å². The van der Waals surface area contributed by atoms with Crippen LogP contribution in [0, 0.1) is 10.1 Å². The standard InChI is InChI=1S/C46H46ClF3N8O6S2/c47-34-7-5-32(6-8-34)40-4-2-1-3-33(40)29-56-19-21-57(22-20-56)36-9-15-41-43(27-36)51-31-52-45(41)54-66(61,62)39-14-16-42(44(28-39)58(59)60)53-35(17-18-55-23-25-63-26-24-55)30-65-38-12-10-37(11-13-38)64-46(48,49)50/h1-16,27-28,31,35,53H,17-26,29-30H2,(H,51,52,54). The van der Waals surface area contributed by atoms with Crippen LogP contribution in [0.3, 0.4) is 0 Å². The fourth-order valence-corrected chi connectivity index (χ4v) is 10.1. The molecule has 2 aliphatic rings. The van der Waals surface area contributed by atoms with Gasteiger partial charge in [-0.1, -0.05) is 48.0 Å². The summed E-state index contributed by atoms with van der Waals surface area (Å²) in [5.41, 5.74) is 4.65. The smallest absolute Gasteiger partial charge is 0.406 e. The Morgan fingerprint density at radius 3 is 2.35 bits per heavy atom. The van der Waals surface area contributed by atoms with E-state index < -0.39 is 27.0 Å². The lowest BCUT2D eigenvalue weighted by Crippen LogP contribution is -2.46. The van der Waals surface area contributed by atoms with Crippen molar-refractivity contribution in [3.63, 3.8) is 0 Å². The van der Waals surface area contributed by atoms with Gasteiger partial charge in [0.05, 0.1) is 28.5 Å². The molecule has 66 heavy (non-hydrogen) atoms. The first-order valence-electron chi connectivity index (χ1n) is 21.2. The molecule has 346 valence electrons. The van der Waals surface area contributed by atoms with E-state index in [1.807, 2.05) is 42.5 Å². The van der Waals surface area contributed by atoms with Crippen molar-refractivity contribution >= 4 is 67.2 Å². The molecule has 0 aliphatic carbocycles. The van der Waals surface area contributed by atoms with E-state index >= 15 is 0 Å². The number of rotatable bonds is 17. The van der Waals surface area contributed by atoms with Gasteiger partial charge in [-0.15, -0.1) is 24.9 Å². The fraction of sp³-hybridized carbons (Fsp3) is 0.304. The number of alkyl halides is 3. The van der Waals surface area contributed by atoms with Gasteiger partial charge in [-0.3, -0.25) is 24.6 Å². The predicted octanol–water partition coefficient (Wildman–Crippen LogP) is 9.18. The third-order valence-corrected chi connectivity index (χ3v) is 14.2. The lowest BCUT2D eigenvalue weighted by atomic mass is 9.99. The molecule has 3 heterocycles. The Bertz CT molecular complexity index is 2740. The Morgan fingerprint density at radius 2 is 1.62 bits per heavy atom. The number of benzene rings is 5. The second-order valence-corrected chi connectivity index (χ2v) is 19.0. The second kappa shape index (κ2) is 20.9. The van der Waals surface area contributed by atoms with Crippen molar-refractivity contribution in [2.75, 3.05) is 79.7 Å². The molecule has 0 radical (unpaired) electrons. The molecule has 0 bridgehead atoms. The number of hydrogen-bond acceptors (Lipinski definition) is 13. The van der Waals surface area contributed by atoms with Crippen LogP contribution >= 0.6 is 23.4 Å². The molecule has 2 aliphatic heterocycles. The summed E-state index contributed by atoms with van der Waals surface area (Å²) in [6.45, 7) is 7.28. The molecule has 0 spiro atoms. The zero-order valence-electron chi connectivity index (χ0n) is 35.5. The number of halogens is 4. The SMILES string of the molecule is O=[N+]([O-])c1cc(S(=O)(=O)Nc2ncnc3cc(N4CCN(Cc5ccccc5-c5ccc(Cl)cc5)CC4)ccc23)ccc1NC(CCN1CCOCC1)CSc1ccc(OC(F)(F)F)cc1. The number of thioether (sulfide) groups is 1. The average molecular weight is 964 g/mol. The van der Waals surface area contributed by atoms with E-state index in [4.69, 9.17) is 16.3 Å². The minimum absolute atomic E-state index is 0.0266. The van der Waals surface area contributed by atoms with Crippen LogP contribution in [0.25, 0.3) is 22.0 Å². The summed E-state index contributed by atoms with van der Waals surface area (Å²) in [6.07, 6.45) is -2.98. The molecule has 0 saturated carbocycles. The highest BCUT2D eigenvalue weighted by Gasteiger charge is 2.31. The van der Waals surface area contributed by atoms with Gasteiger partial charge in [0.25, 0.3) is 15.7 Å². The lowest BCUT2D eigenvalue weighted by Gasteiger charge is -2.36. The van der Waals surface area contributed by atoms with Gasteiger partial charge in [0.2, 0.25) is 0 Å². The predicted molar refractivity (Wildman–Crippen MR) is 251 cm³/mol. The van der Waals surface area contributed by atoms with E-state index in [1.54, 1.807) is 6.07 Å². The summed E-state index contributed by atoms with van der Waals surface area (Å²) < 4.78 is 77.8. The van der Waals surface area contributed by atoms with Gasteiger partial charge in [0.15, 0.2) is 5.82 Å². The Balaban J connectivity index is 0.930. The van der Waals surface area contributed by atoms with Gasteiger partial charge in [-0.25, -0.2) is 18.4 Å². The molecule has 1 unspecified atom stereocenters. The minimum atomic E-state index is -4.81. The number of nitro groups is 1. The normalized spacial score (nSPS) is 15.7. The maximum atomic E-state index is 13.9. The quantitative estimate of drug-likeness (QED) is 0.0508. The van der Waals surface area contributed by atoms with Crippen molar-refractivity contribution < 1.29 is 36.0 Å². The van der Waals surface area contributed by atoms with Crippen LogP contribution in [0.1, 0.15) is 12.0 Å². The van der Waals surface area contributed by atoms with E-state index in [1.165, 1.54) is 65.6 Å². The number of fused-ring (bicyclic) bond motifs is 1. The van der Waals surface area contributed by atoms with Crippen molar-refractivity contribution in [1.29, 1.82) is 0 Å². The van der Waals surface area contributed by atoms with Gasteiger partial charge >= 0.3 is 6.36 Å². The zero-order valence-corrected chi connectivity index (χ0v) is 37.9. The van der Waals surface area contributed by atoms with Crippen molar-refractivity contribution in [2.45, 2.75) is 35.2 Å². The zero-order chi connectivity index (χ0) is 46.3. The first-order valence-corrected chi connectivity index (χ1v) is 24.0. The van der Waals surface area contributed by atoms with Crippen molar-refractivity contribution in [3.8, 4) is 16.9 Å². The Kier molecular flexibility index (Phi) is 14.8. The van der Waals surface area contributed by atoms with E-state index in [0.29, 0.717) is 52.8 Å². The molecular weight excluding hydrogens is 917 g/mol. The maximum Gasteiger partial charge on any atom is 0.573 e. The lowest BCUT2D eigenvalue weighted by molar-refractivity contribution is -0.384. The molecule has 20 heteroatoms. The summed E-state index contributed by atoms with van der Waals surface area (Å²) >= 11 is 7.50. The maximum absolute atomic E-state index is 13.9. The van der Waals surface area contributed by atoms with Crippen LogP contribution in [0.4, 0.5) is 36.1 Å². The number of anilines is 3. The number of sulfonamides is 1. The van der Waals surface area contributed by atoms with Gasteiger partial charge in [0.1, 0.15) is 17.8 Å². The number of aromatic nitrogens is 2. The number of nitrogens with zero attached hydrogens (tertiary/aromatic N) is 6. The highest BCUT2D eigenvalue weighted by Crippen LogP contribution is 2.34. The number of morpholine rings is 1. The van der Waals surface area contributed by atoms with Gasteiger partial charge in [-0.05, 0) is 89.8 Å². The van der Waals surface area contributed by atoms with Crippen LogP contribution in [-0.4, -0.2) is 110 Å². The number of nitro benzene ring substituents is 1. The Morgan fingerprint density at radius 1 is 0.879 bits per heavy atom. The highest BCUT2D eigenvalue weighted by molar-refractivity contribution is 7.99. The molecule has 2 fully saturated rings. The molecule has 1 atom stereocenters. The molecule has 1 aromatic heterocycles. The topological polar surface area (TPSA) is 155 Å². The molecule has 2 saturated heterocycles. The molecule has 5 aromatic carbocycles. The number of ether oxygens (including phenoxy) is 2. The molecule has 2 N–H and O–H groups in total. The van der Waals surface area contributed by atoms with Gasteiger partial charge in [-0.2, -0.15) is 0 Å². The van der Waals surface area contributed by atoms with Crippen LogP contribution in [-0.2, 0) is 21.3 Å². The first-order chi connectivity index (χ1) is 31.8. The monoisotopic (exact) mass is 962 g/mol. The van der Waals surface area contributed by atoms with E-state index in [0.717, 1.165) is 63.1 Å². The number of hydrogen-bond donors (Lipinski definition) is 2. The fourth-order valence-electron chi connectivity index (χ4n) is 7.95. The van der Waals surface area contributed by atoms with E-state index in [-0.39, 0.29) is 28.2 Å². The molecular formula is C46H46ClF3N8O6S2. The molecule has 14 nitrogen and oxygen atoms in total.